The van der Waals surface area contributed by atoms with Crippen LogP contribution in [-0.4, -0.2) is 52.7 Å². The van der Waals surface area contributed by atoms with Crippen LogP contribution in [0.4, 0.5) is 0 Å². The summed E-state index contributed by atoms with van der Waals surface area (Å²) in [4.78, 5) is 9.25. The quantitative estimate of drug-likeness (QED) is 0.787. The predicted octanol–water partition coefficient (Wildman–Crippen LogP) is 3.08. The molecule has 1 aromatic carbocycles. The van der Waals surface area contributed by atoms with E-state index in [0.29, 0.717) is 23.3 Å². The maximum atomic E-state index is 5.90. The van der Waals surface area contributed by atoms with Crippen molar-refractivity contribution >= 4 is 11.6 Å². The highest BCUT2D eigenvalue weighted by atomic mass is 35.5. The number of hydrogen-bond acceptors (Lipinski definition) is 5. The molecule has 1 fully saturated rings. The van der Waals surface area contributed by atoms with Crippen LogP contribution in [0.25, 0.3) is 11.4 Å². The number of rotatable bonds is 5. The van der Waals surface area contributed by atoms with Gasteiger partial charge in [0, 0.05) is 43.3 Å². The Morgan fingerprint density at radius 1 is 1.17 bits per heavy atom. The Bertz CT molecular complexity index is 659. The van der Waals surface area contributed by atoms with E-state index in [-0.39, 0.29) is 0 Å². The van der Waals surface area contributed by atoms with Crippen LogP contribution in [0.3, 0.4) is 0 Å². The lowest BCUT2D eigenvalue weighted by atomic mass is 10.2. The van der Waals surface area contributed by atoms with Crippen molar-refractivity contribution in [2.24, 2.45) is 0 Å². The smallest absolute Gasteiger partial charge is 0.241 e. The molecule has 6 heteroatoms. The number of halogens is 1. The van der Waals surface area contributed by atoms with E-state index in [1.807, 2.05) is 24.3 Å². The average molecular weight is 333 g/mol. The summed E-state index contributed by atoms with van der Waals surface area (Å²) in [5, 5.41) is 4.76. The van der Waals surface area contributed by atoms with Gasteiger partial charge in [0.1, 0.15) is 0 Å². The number of nitrogens with zero attached hydrogens (tertiary/aromatic N) is 4. The van der Waals surface area contributed by atoms with Crippen molar-refractivity contribution in [3.05, 3.63) is 47.3 Å². The molecule has 2 aromatic rings. The van der Waals surface area contributed by atoms with Crippen LogP contribution in [0.1, 0.15) is 12.8 Å². The summed E-state index contributed by atoms with van der Waals surface area (Å²) < 4.78 is 5.38. The summed E-state index contributed by atoms with van der Waals surface area (Å²) in [6.07, 6.45) is 0. The van der Waals surface area contributed by atoms with Gasteiger partial charge in [-0.2, -0.15) is 4.98 Å². The van der Waals surface area contributed by atoms with Crippen molar-refractivity contribution in [1.82, 2.24) is 19.9 Å². The Balaban J connectivity index is 1.56. The maximum absolute atomic E-state index is 5.90. The Morgan fingerprint density at radius 2 is 1.83 bits per heavy atom. The highest BCUT2D eigenvalue weighted by Crippen LogP contribution is 2.19. The van der Waals surface area contributed by atoms with Crippen LogP contribution in [0.15, 0.2) is 40.9 Å². The third kappa shape index (κ3) is 4.41. The fourth-order valence-corrected chi connectivity index (χ4v) is 2.84. The van der Waals surface area contributed by atoms with Gasteiger partial charge in [-0.1, -0.05) is 28.9 Å². The molecule has 0 unspecified atom stereocenters. The molecular formula is C17H21ClN4O. The lowest BCUT2D eigenvalue weighted by molar-refractivity contribution is 0.123. The highest BCUT2D eigenvalue weighted by Gasteiger charge is 2.19. The number of benzene rings is 1. The van der Waals surface area contributed by atoms with E-state index in [2.05, 4.69) is 33.4 Å². The van der Waals surface area contributed by atoms with E-state index in [9.17, 15) is 0 Å². The van der Waals surface area contributed by atoms with Gasteiger partial charge < -0.3 is 4.52 Å². The van der Waals surface area contributed by atoms with E-state index in [1.54, 1.807) is 0 Å². The molecule has 23 heavy (non-hydrogen) atoms. The fourth-order valence-electron chi connectivity index (χ4n) is 2.71. The van der Waals surface area contributed by atoms with Crippen molar-refractivity contribution in [2.75, 3.05) is 32.7 Å². The Labute approximate surface area is 141 Å². The van der Waals surface area contributed by atoms with E-state index >= 15 is 0 Å². The lowest BCUT2D eigenvalue weighted by Gasteiger charge is -2.33. The number of aromatic nitrogens is 2. The standard InChI is InChI=1S/C17H21ClN4O/c1-13(2)11-21-7-9-22(10-8-21)12-16-19-17(20-23-16)14-3-5-15(18)6-4-14/h3-6H,1,7-12H2,2H3. The van der Waals surface area contributed by atoms with Gasteiger partial charge >= 0.3 is 0 Å². The Kier molecular flexibility index (Phi) is 5.10. The van der Waals surface area contributed by atoms with Gasteiger partial charge in [0.2, 0.25) is 11.7 Å². The molecule has 0 aliphatic carbocycles. The zero-order valence-corrected chi connectivity index (χ0v) is 14.1. The molecule has 122 valence electrons. The first-order chi connectivity index (χ1) is 11.1. The van der Waals surface area contributed by atoms with Gasteiger partial charge in [0.05, 0.1) is 6.54 Å². The topological polar surface area (TPSA) is 45.4 Å². The summed E-state index contributed by atoms with van der Waals surface area (Å²) in [5.74, 6) is 1.26. The van der Waals surface area contributed by atoms with E-state index in [1.165, 1.54) is 5.57 Å². The second-order valence-corrected chi connectivity index (χ2v) is 6.46. The summed E-state index contributed by atoms with van der Waals surface area (Å²) >= 11 is 5.90. The van der Waals surface area contributed by atoms with Gasteiger partial charge in [-0.3, -0.25) is 9.80 Å². The van der Waals surface area contributed by atoms with E-state index < -0.39 is 0 Å². The van der Waals surface area contributed by atoms with Crippen LogP contribution in [0.2, 0.25) is 5.02 Å². The third-order valence-corrected chi connectivity index (χ3v) is 4.14. The van der Waals surface area contributed by atoms with Crippen LogP contribution < -0.4 is 0 Å². The summed E-state index contributed by atoms with van der Waals surface area (Å²) in [6, 6.07) is 7.45. The van der Waals surface area contributed by atoms with Crippen molar-refractivity contribution in [1.29, 1.82) is 0 Å². The molecule has 3 rings (SSSR count). The molecule has 1 aliphatic rings. The number of hydrogen-bond donors (Lipinski definition) is 0. The van der Waals surface area contributed by atoms with Gasteiger partial charge in [-0.15, -0.1) is 0 Å². The predicted molar refractivity (Wildman–Crippen MR) is 91.3 cm³/mol. The first-order valence-corrected chi connectivity index (χ1v) is 8.15. The lowest BCUT2D eigenvalue weighted by Crippen LogP contribution is -2.46. The second-order valence-electron chi connectivity index (χ2n) is 6.03. The van der Waals surface area contributed by atoms with E-state index in [0.717, 1.165) is 38.3 Å². The Morgan fingerprint density at radius 3 is 2.48 bits per heavy atom. The minimum atomic E-state index is 0.609. The van der Waals surface area contributed by atoms with Gasteiger partial charge in [0.25, 0.3) is 0 Å². The molecule has 0 spiro atoms. The molecule has 2 heterocycles. The third-order valence-electron chi connectivity index (χ3n) is 3.89. The van der Waals surface area contributed by atoms with Crippen LogP contribution >= 0.6 is 11.6 Å². The van der Waals surface area contributed by atoms with Crippen molar-refractivity contribution in [2.45, 2.75) is 13.5 Å². The monoisotopic (exact) mass is 332 g/mol. The van der Waals surface area contributed by atoms with Crippen molar-refractivity contribution in [3.63, 3.8) is 0 Å². The molecule has 5 nitrogen and oxygen atoms in total. The van der Waals surface area contributed by atoms with E-state index in [4.69, 9.17) is 16.1 Å². The molecule has 1 aromatic heterocycles. The normalized spacial score (nSPS) is 16.6. The zero-order chi connectivity index (χ0) is 16.2. The molecule has 0 amide bonds. The fraction of sp³-hybridized carbons (Fsp3) is 0.412. The first kappa shape index (κ1) is 16.2. The second kappa shape index (κ2) is 7.25. The highest BCUT2D eigenvalue weighted by molar-refractivity contribution is 6.30. The summed E-state index contributed by atoms with van der Waals surface area (Å²) in [7, 11) is 0. The van der Waals surface area contributed by atoms with Crippen LogP contribution in [-0.2, 0) is 6.54 Å². The van der Waals surface area contributed by atoms with Gasteiger partial charge in [-0.05, 0) is 31.2 Å². The molecule has 1 saturated heterocycles. The minimum absolute atomic E-state index is 0.609. The van der Waals surface area contributed by atoms with Crippen LogP contribution in [0, 0.1) is 0 Å². The maximum Gasteiger partial charge on any atom is 0.241 e. The van der Waals surface area contributed by atoms with Crippen molar-refractivity contribution < 1.29 is 4.52 Å². The molecule has 0 atom stereocenters. The largest absolute Gasteiger partial charge is 0.338 e. The molecule has 0 bridgehead atoms. The minimum Gasteiger partial charge on any atom is -0.338 e. The van der Waals surface area contributed by atoms with Crippen LogP contribution in [0.5, 0.6) is 0 Å². The summed E-state index contributed by atoms with van der Waals surface area (Å²) in [5.41, 5.74) is 2.12. The SMILES string of the molecule is C=C(C)CN1CCN(Cc2nc(-c3ccc(Cl)cc3)no2)CC1. The molecule has 1 aliphatic heterocycles. The number of piperazine rings is 1. The first-order valence-electron chi connectivity index (χ1n) is 7.78. The molecule has 0 saturated carbocycles. The van der Waals surface area contributed by atoms with Crippen molar-refractivity contribution in [3.8, 4) is 11.4 Å². The Hall–Kier alpha value is -1.69. The summed E-state index contributed by atoms with van der Waals surface area (Å²) in [6.45, 7) is 11.8. The van der Waals surface area contributed by atoms with Gasteiger partial charge in [0.15, 0.2) is 0 Å². The van der Waals surface area contributed by atoms with Gasteiger partial charge in [-0.25, -0.2) is 0 Å². The molecule has 0 N–H and O–H groups in total. The molecule has 0 radical (unpaired) electrons. The average Bonchev–Trinajstić information content (AvgIpc) is 2.98. The molecular weight excluding hydrogens is 312 g/mol. The zero-order valence-electron chi connectivity index (χ0n) is 13.3.